The van der Waals surface area contributed by atoms with Gasteiger partial charge in [-0.05, 0) is 38.8 Å². The molecule has 1 aliphatic carbocycles. The van der Waals surface area contributed by atoms with E-state index >= 15 is 0 Å². The molecule has 2 amide bonds. The maximum Gasteiger partial charge on any atom is 0.269 e. The molecular weight excluding hydrogens is 322 g/mol. The fourth-order valence-electron chi connectivity index (χ4n) is 3.39. The van der Waals surface area contributed by atoms with Crippen molar-refractivity contribution in [1.82, 2.24) is 10.2 Å². The minimum Gasteiger partial charge on any atom is -0.341 e. The van der Waals surface area contributed by atoms with Crippen LogP contribution in [0.15, 0.2) is 24.3 Å². The summed E-state index contributed by atoms with van der Waals surface area (Å²) in [5.41, 5.74) is -0.616. The van der Waals surface area contributed by atoms with Gasteiger partial charge >= 0.3 is 0 Å². The molecule has 25 heavy (non-hydrogen) atoms. The van der Waals surface area contributed by atoms with Crippen LogP contribution in [0.4, 0.5) is 5.69 Å². The zero-order valence-electron chi connectivity index (χ0n) is 14.8. The molecule has 1 aliphatic rings. The maximum absolute atomic E-state index is 13.0. The van der Waals surface area contributed by atoms with E-state index in [9.17, 15) is 19.7 Å². The topological polar surface area (TPSA) is 92.6 Å². The third kappa shape index (κ3) is 4.15. The van der Waals surface area contributed by atoms with Gasteiger partial charge in [-0.15, -0.1) is 0 Å². The summed E-state index contributed by atoms with van der Waals surface area (Å²) in [6.07, 6.45) is 4.10. The minimum absolute atomic E-state index is 0.0348. The van der Waals surface area contributed by atoms with E-state index in [4.69, 9.17) is 0 Å². The van der Waals surface area contributed by atoms with Crippen LogP contribution < -0.4 is 5.32 Å². The molecule has 0 bridgehead atoms. The molecule has 1 aromatic carbocycles. The van der Waals surface area contributed by atoms with Crippen LogP contribution in [0.1, 0.15) is 56.3 Å². The van der Waals surface area contributed by atoms with Crippen LogP contribution in [0.3, 0.4) is 0 Å². The average molecular weight is 347 g/mol. The van der Waals surface area contributed by atoms with Crippen LogP contribution >= 0.6 is 0 Å². The minimum atomic E-state index is -0.872. The Kier molecular flexibility index (Phi) is 6.12. The molecule has 0 saturated heterocycles. The van der Waals surface area contributed by atoms with Crippen LogP contribution in [-0.2, 0) is 4.79 Å². The fraction of sp³-hybridized carbons (Fsp3) is 0.556. The second kappa shape index (κ2) is 8.09. The molecule has 1 aromatic rings. The van der Waals surface area contributed by atoms with Crippen molar-refractivity contribution in [2.24, 2.45) is 0 Å². The highest BCUT2D eigenvalue weighted by atomic mass is 16.6. The van der Waals surface area contributed by atoms with Gasteiger partial charge in [-0.25, -0.2) is 0 Å². The highest BCUT2D eigenvalue weighted by Gasteiger charge is 2.42. The van der Waals surface area contributed by atoms with E-state index in [2.05, 4.69) is 5.32 Å². The smallest absolute Gasteiger partial charge is 0.269 e. The molecule has 0 radical (unpaired) electrons. The molecule has 136 valence electrons. The van der Waals surface area contributed by atoms with Crippen molar-refractivity contribution in [3.8, 4) is 0 Å². The van der Waals surface area contributed by atoms with Gasteiger partial charge < -0.3 is 10.2 Å². The number of likely N-dealkylation sites (N-methyl/N-ethyl adjacent to an activating group) is 1. The quantitative estimate of drug-likeness (QED) is 0.632. The van der Waals surface area contributed by atoms with Crippen LogP contribution in [0.5, 0.6) is 0 Å². The van der Waals surface area contributed by atoms with Crippen LogP contribution in [-0.4, -0.2) is 40.3 Å². The molecule has 2 rings (SSSR count). The predicted octanol–water partition coefficient (Wildman–Crippen LogP) is 2.90. The summed E-state index contributed by atoms with van der Waals surface area (Å²) in [5.74, 6) is -0.398. The first-order valence-electron chi connectivity index (χ1n) is 8.80. The number of amides is 2. The van der Waals surface area contributed by atoms with E-state index in [0.29, 0.717) is 31.5 Å². The van der Waals surface area contributed by atoms with Crippen molar-refractivity contribution in [3.05, 3.63) is 39.9 Å². The number of nitrogens with one attached hydrogen (secondary N) is 1. The summed E-state index contributed by atoms with van der Waals surface area (Å²) in [7, 11) is 0. The van der Waals surface area contributed by atoms with Crippen LogP contribution in [0, 0.1) is 10.1 Å². The van der Waals surface area contributed by atoms with Gasteiger partial charge in [0, 0.05) is 30.8 Å². The van der Waals surface area contributed by atoms with Crippen molar-refractivity contribution in [1.29, 1.82) is 0 Å². The lowest BCUT2D eigenvalue weighted by Gasteiger charge is -2.40. The summed E-state index contributed by atoms with van der Waals surface area (Å²) in [6.45, 7) is 5.06. The van der Waals surface area contributed by atoms with E-state index in [1.807, 2.05) is 13.8 Å². The molecule has 0 aromatic heterocycles. The van der Waals surface area contributed by atoms with E-state index in [1.165, 1.54) is 24.3 Å². The van der Waals surface area contributed by atoms with Gasteiger partial charge in [0.05, 0.1) is 4.92 Å². The second-order valence-electron chi connectivity index (χ2n) is 6.38. The van der Waals surface area contributed by atoms with Crippen LogP contribution in [0.25, 0.3) is 0 Å². The SMILES string of the molecule is CCN(CC)C(=O)C1(NC(=O)c2ccc([N+](=O)[O-])cc2)CCCCC1. The Morgan fingerprint density at radius 1 is 1.12 bits per heavy atom. The lowest BCUT2D eigenvalue weighted by atomic mass is 9.80. The largest absolute Gasteiger partial charge is 0.341 e. The molecule has 7 heteroatoms. The summed E-state index contributed by atoms with van der Waals surface area (Å²) >= 11 is 0. The monoisotopic (exact) mass is 347 g/mol. The number of nitrogens with zero attached hydrogens (tertiary/aromatic N) is 2. The number of carbonyl (C=O) groups excluding carboxylic acids is 2. The molecule has 1 saturated carbocycles. The zero-order valence-corrected chi connectivity index (χ0v) is 14.8. The van der Waals surface area contributed by atoms with E-state index < -0.39 is 10.5 Å². The van der Waals surface area contributed by atoms with E-state index in [-0.39, 0.29) is 17.5 Å². The van der Waals surface area contributed by atoms with Gasteiger partial charge in [0.1, 0.15) is 5.54 Å². The predicted molar refractivity (Wildman–Crippen MR) is 94.3 cm³/mol. The Labute approximate surface area is 147 Å². The van der Waals surface area contributed by atoms with Crippen molar-refractivity contribution < 1.29 is 14.5 Å². The number of non-ortho nitro benzene ring substituents is 1. The molecule has 0 atom stereocenters. The van der Waals surface area contributed by atoms with Gasteiger partial charge in [-0.3, -0.25) is 19.7 Å². The van der Waals surface area contributed by atoms with Crippen molar-refractivity contribution in [3.63, 3.8) is 0 Å². The molecule has 0 heterocycles. The number of benzene rings is 1. The highest BCUT2D eigenvalue weighted by Crippen LogP contribution is 2.30. The zero-order chi connectivity index (χ0) is 18.4. The Morgan fingerprint density at radius 2 is 1.68 bits per heavy atom. The Bertz CT molecular complexity index is 632. The van der Waals surface area contributed by atoms with Crippen molar-refractivity contribution >= 4 is 17.5 Å². The third-order valence-corrected chi connectivity index (χ3v) is 4.86. The van der Waals surface area contributed by atoms with E-state index in [0.717, 1.165) is 19.3 Å². The average Bonchev–Trinajstić information content (AvgIpc) is 2.63. The lowest BCUT2D eigenvalue weighted by Crippen LogP contribution is -2.60. The summed E-state index contributed by atoms with van der Waals surface area (Å²) in [4.78, 5) is 37.6. The Morgan fingerprint density at radius 3 is 2.16 bits per heavy atom. The summed E-state index contributed by atoms with van der Waals surface area (Å²) in [5, 5.41) is 13.7. The third-order valence-electron chi connectivity index (χ3n) is 4.86. The van der Waals surface area contributed by atoms with Gasteiger partial charge in [-0.2, -0.15) is 0 Å². The fourth-order valence-corrected chi connectivity index (χ4v) is 3.39. The molecule has 0 unspecified atom stereocenters. The first-order valence-corrected chi connectivity index (χ1v) is 8.80. The van der Waals surface area contributed by atoms with Gasteiger partial charge in [0.15, 0.2) is 0 Å². The standard InChI is InChI=1S/C18H25N3O4/c1-3-20(4-2)17(23)18(12-6-5-7-13-18)19-16(22)14-8-10-15(11-9-14)21(24)25/h8-11H,3-7,12-13H2,1-2H3,(H,19,22). The first-order chi connectivity index (χ1) is 11.9. The van der Waals surface area contributed by atoms with E-state index in [1.54, 1.807) is 4.90 Å². The van der Waals surface area contributed by atoms with Gasteiger partial charge in [-0.1, -0.05) is 19.3 Å². The molecule has 1 fully saturated rings. The molecule has 7 nitrogen and oxygen atoms in total. The van der Waals surface area contributed by atoms with Crippen molar-refractivity contribution in [2.45, 2.75) is 51.5 Å². The summed E-state index contributed by atoms with van der Waals surface area (Å²) < 4.78 is 0. The first kappa shape index (κ1) is 18.9. The molecule has 0 aliphatic heterocycles. The number of rotatable bonds is 6. The number of carbonyl (C=O) groups is 2. The lowest BCUT2D eigenvalue weighted by molar-refractivity contribution is -0.384. The van der Waals surface area contributed by atoms with Gasteiger partial charge in [0.25, 0.3) is 11.6 Å². The molecule has 1 N–H and O–H groups in total. The number of hydrogen-bond donors (Lipinski definition) is 1. The Hall–Kier alpha value is -2.44. The Balaban J connectivity index is 2.22. The number of nitro benzene ring substituents is 1. The normalized spacial score (nSPS) is 16.1. The molecular formula is C18H25N3O4. The number of hydrogen-bond acceptors (Lipinski definition) is 4. The second-order valence-corrected chi connectivity index (χ2v) is 6.38. The van der Waals surface area contributed by atoms with Crippen molar-refractivity contribution in [2.75, 3.05) is 13.1 Å². The summed E-state index contributed by atoms with van der Waals surface area (Å²) in [6, 6.07) is 5.45. The highest BCUT2D eigenvalue weighted by molar-refractivity contribution is 5.99. The van der Waals surface area contributed by atoms with Gasteiger partial charge in [0.2, 0.25) is 5.91 Å². The molecule has 0 spiro atoms. The number of nitro groups is 1. The van der Waals surface area contributed by atoms with Crippen LogP contribution in [0.2, 0.25) is 0 Å². The maximum atomic E-state index is 13.0.